The Morgan fingerprint density at radius 2 is 1.58 bits per heavy atom. The smallest absolute Gasteiger partial charge is 0.141 e. The van der Waals surface area contributed by atoms with Crippen LogP contribution in [0.25, 0.3) is 22.4 Å². The standard InChI is InChI=1S/C20H14BrClN2/c21-16-9-5-14(6-10-16)13-24-19-4-2-1-3-18(19)23-20(24)15-7-11-17(22)12-8-15/h1-12H,13H2. The van der Waals surface area contributed by atoms with Crippen LogP contribution < -0.4 is 0 Å². The van der Waals surface area contributed by atoms with Crippen LogP contribution in [-0.2, 0) is 6.54 Å². The highest BCUT2D eigenvalue weighted by atomic mass is 79.9. The monoisotopic (exact) mass is 396 g/mol. The van der Waals surface area contributed by atoms with Crippen LogP contribution in [0.1, 0.15) is 5.56 Å². The molecule has 0 saturated heterocycles. The molecule has 0 fully saturated rings. The molecule has 2 nitrogen and oxygen atoms in total. The Hall–Kier alpha value is -2.10. The van der Waals surface area contributed by atoms with Gasteiger partial charge in [0.15, 0.2) is 0 Å². The van der Waals surface area contributed by atoms with Gasteiger partial charge in [-0.3, -0.25) is 0 Å². The molecule has 0 N–H and O–H groups in total. The molecule has 0 aliphatic carbocycles. The number of imidazole rings is 1. The Morgan fingerprint density at radius 3 is 2.33 bits per heavy atom. The van der Waals surface area contributed by atoms with Crippen molar-refractivity contribution in [1.29, 1.82) is 0 Å². The van der Waals surface area contributed by atoms with Crippen molar-refractivity contribution >= 4 is 38.6 Å². The zero-order valence-corrected chi connectivity index (χ0v) is 15.1. The van der Waals surface area contributed by atoms with Gasteiger partial charge in [0.05, 0.1) is 11.0 Å². The van der Waals surface area contributed by atoms with Crippen LogP contribution in [0.4, 0.5) is 0 Å². The van der Waals surface area contributed by atoms with Gasteiger partial charge in [-0.05, 0) is 54.1 Å². The Labute approximate surface area is 153 Å². The molecule has 4 heteroatoms. The van der Waals surface area contributed by atoms with Gasteiger partial charge >= 0.3 is 0 Å². The minimum absolute atomic E-state index is 0.731. The molecule has 3 aromatic carbocycles. The molecule has 0 bridgehead atoms. The van der Waals surface area contributed by atoms with Crippen molar-refractivity contribution in [3.8, 4) is 11.4 Å². The van der Waals surface area contributed by atoms with E-state index in [1.54, 1.807) is 0 Å². The maximum absolute atomic E-state index is 6.03. The highest BCUT2D eigenvalue weighted by Gasteiger charge is 2.12. The van der Waals surface area contributed by atoms with Crippen LogP contribution in [0.3, 0.4) is 0 Å². The summed E-state index contributed by atoms with van der Waals surface area (Å²) in [5, 5.41) is 0.731. The number of hydrogen-bond donors (Lipinski definition) is 0. The summed E-state index contributed by atoms with van der Waals surface area (Å²) in [6.45, 7) is 0.770. The van der Waals surface area contributed by atoms with Gasteiger partial charge < -0.3 is 4.57 Å². The summed E-state index contributed by atoms with van der Waals surface area (Å²) < 4.78 is 3.33. The van der Waals surface area contributed by atoms with Crippen molar-refractivity contribution in [2.24, 2.45) is 0 Å². The molecule has 0 spiro atoms. The van der Waals surface area contributed by atoms with Crippen molar-refractivity contribution in [2.45, 2.75) is 6.54 Å². The molecule has 0 aliphatic heterocycles. The predicted molar refractivity (Wildman–Crippen MR) is 103 cm³/mol. The number of para-hydroxylation sites is 2. The quantitative estimate of drug-likeness (QED) is 0.404. The lowest BCUT2D eigenvalue weighted by Gasteiger charge is -2.10. The minimum Gasteiger partial charge on any atom is -0.319 e. The summed E-state index contributed by atoms with van der Waals surface area (Å²) in [6.07, 6.45) is 0. The van der Waals surface area contributed by atoms with E-state index in [1.165, 1.54) is 5.56 Å². The van der Waals surface area contributed by atoms with Crippen molar-refractivity contribution in [3.63, 3.8) is 0 Å². The van der Waals surface area contributed by atoms with E-state index < -0.39 is 0 Å². The van der Waals surface area contributed by atoms with Gasteiger partial charge in [-0.15, -0.1) is 0 Å². The lowest BCUT2D eigenvalue weighted by atomic mass is 10.2. The maximum Gasteiger partial charge on any atom is 0.141 e. The molecular formula is C20H14BrClN2. The third kappa shape index (κ3) is 2.97. The van der Waals surface area contributed by atoms with E-state index in [4.69, 9.17) is 16.6 Å². The van der Waals surface area contributed by atoms with Gasteiger partial charge in [0.2, 0.25) is 0 Å². The SMILES string of the molecule is Clc1ccc(-c2nc3ccccc3n2Cc2ccc(Br)cc2)cc1. The van der Waals surface area contributed by atoms with Crippen LogP contribution in [-0.4, -0.2) is 9.55 Å². The number of rotatable bonds is 3. The molecule has 118 valence electrons. The van der Waals surface area contributed by atoms with Crippen LogP contribution >= 0.6 is 27.5 Å². The third-order valence-electron chi connectivity index (χ3n) is 4.01. The summed E-state index contributed by atoms with van der Waals surface area (Å²) in [7, 11) is 0. The molecule has 0 unspecified atom stereocenters. The van der Waals surface area contributed by atoms with Crippen molar-refractivity contribution in [3.05, 3.63) is 87.9 Å². The van der Waals surface area contributed by atoms with E-state index in [2.05, 4.69) is 50.8 Å². The normalized spacial score (nSPS) is 11.1. The summed E-state index contributed by atoms with van der Waals surface area (Å²) in [4.78, 5) is 4.84. The van der Waals surface area contributed by atoms with Crippen molar-refractivity contribution in [2.75, 3.05) is 0 Å². The minimum atomic E-state index is 0.731. The van der Waals surface area contributed by atoms with E-state index in [9.17, 15) is 0 Å². The van der Waals surface area contributed by atoms with Crippen molar-refractivity contribution in [1.82, 2.24) is 9.55 Å². The Bertz CT molecular complexity index is 989. The van der Waals surface area contributed by atoms with Gasteiger partial charge in [-0.1, -0.05) is 51.8 Å². The van der Waals surface area contributed by atoms with Crippen LogP contribution in [0.5, 0.6) is 0 Å². The van der Waals surface area contributed by atoms with Gasteiger partial charge in [0.25, 0.3) is 0 Å². The average Bonchev–Trinajstić information content (AvgIpc) is 2.96. The second-order valence-electron chi connectivity index (χ2n) is 5.64. The first-order valence-electron chi connectivity index (χ1n) is 7.66. The molecule has 0 aliphatic rings. The molecule has 1 heterocycles. The van der Waals surface area contributed by atoms with Crippen LogP contribution in [0.15, 0.2) is 77.3 Å². The number of nitrogens with zero attached hydrogens (tertiary/aromatic N) is 2. The largest absolute Gasteiger partial charge is 0.319 e. The van der Waals surface area contributed by atoms with Crippen molar-refractivity contribution < 1.29 is 0 Å². The first-order chi connectivity index (χ1) is 11.7. The number of halogens is 2. The van der Waals surface area contributed by atoms with E-state index in [0.717, 1.165) is 38.5 Å². The van der Waals surface area contributed by atoms with Gasteiger partial charge in [0, 0.05) is 21.6 Å². The molecular weight excluding hydrogens is 384 g/mol. The molecule has 4 aromatic rings. The summed E-state index contributed by atoms with van der Waals surface area (Å²) in [5.41, 5.74) is 4.43. The molecule has 0 saturated carbocycles. The van der Waals surface area contributed by atoms with Crippen LogP contribution in [0.2, 0.25) is 5.02 Å². The Morgan fingerprint density at radius 1 is 0.875 bits per heavy atom. The first kappa shape index (κ1) is 15.4. The van der Waals surface area contributed by atoms with E-state index in [1.807, 2.05) is 42.5 Å². The van der Waals surface area contributed by atoms with Gasteiger partial charge in [0.1, 0.15) is 5.82 Å². The van der Waals surface area contributed by atoms with Gasteiger partial charge in [-0.25, -0.2) is 4.98 Å². The number of benzene rings is 3. The Balaban J connectivity index is 1.86. The molecule has 0 amide bonds. The number of fused-ring (bicyclic) bond motifs is 1. The fraction of sp³-hybridized carbons (Fsp3) is 0.0500. The van der Waals surface area contributed by atoms with E-state index >= 15 is 0 Å². The summed E-state index contributed by atoms with van der Waals surface area (Å²) in [6, 6.07) is 24.5. The first-order valence-corrected chi connectivity index (χ1v) is 8.83. The molecule has 0 atom stereocenters. The van der Waals surface area contributed by atoms with Crippen LogP contribution in [0, 0.1) is 0 Å². The average molecular weight is 398 g/mol. The molecule has 24 heavy (non-hydrogen) atoms. The molecule has 0 radical (unpaired) electrons. The predicted octanol–water partition coefficient (Wildman–Crippen LogP) is 6.17. The molecule has 1 aromatic heterocycles. The second-order valence-corrected chi connectivity index (χ2v) is 7.00. The highest BCUT2D eigenvalue weighted by molar-refractivity contribution is 9.10. The third-order valence-corrected chi connectivity index (χ3v) is 4.79. The second kappa shape index (κ2) is 6.42. The Kier molecular flexibility index (Phi) is 4.13. The number of hydrogen-bond acceptors (Lipinski definition) is 1. The number of aromatic nitrogens is 2. The lowest BCUT2D eigenvalue weighted by molar-refractivity contribution is 0.834. The molecule has 4 rings (SSSR count). The highest BCUT2D eigenvalue weighted by Crippen LogP contribution is 2.27. The topological polar surface area (TPSA) is 17.8 Å². The summed E-state index contributed by atoms with van der Waals surface area (Å²) >= 11 is 9.52. The summed E-state index contributed by atoms with van der Waals surface area (Å²) in [5.74, 6) is 0.954. The zero-order valence-electron chi connectivity index (χ0n) is 12.8. The maximum atomic E-state index is 6.03. The van der Waals surface area contributed by atoms with E-state index in [-0.39, 0.29) is 0 Å². The lowest BCUT2D eigenvalue weighted by Crippen LogP contribution is -2.02. The fourth-order valence-corrected chi connectivity index (χ4v) is 3.22. The van der Waals surface area contributed by atoms with E-state index in [0.29, 0.717) is 0 Å². The van der Waals surface area contributed by atoms with Gasteiger partial charge in [-0.2, -0.15) is 0 Å². The zero-order chi connectivity index (χ0) is 16.5. The fourth-order valence-electron chi connectivity index (χ4n) is 2.83.